The molecule has 1 atom stereocenters. The summed E-state index contributed by atoms with van der Waals surface area (Å²) in [6.45, 7) is 8.75. The number of rotatable bonds is 12. The standard InChI is InChI=1S/C27H38N4O3/c1-7-8-9-10-20(22-13-12-21(33-5)17-25(22)34-6)16-26(32)30-24-15-19(18-29-31-28)11-14-23(24)27(2,3)4/h11-15,17,20H,7-10,16,18H2,1-6H3,(H,30,32). The highest BCUT2D eigenvalue weighted by atomic mass is 16.5. The van der Waals surface area contributed by atoms with E-state index in [0.717, 1.165) is 59.6 Å². The SMILES string of the molecule is CCCCCC(CC(=O)Nc1cc(CN=[N+]=[N-])ccc1C(C)(C)C)c1ccc(OC)cc1OC. The van der Waals surface area contributed by atoms with E-state index in [4.69, 9.17) is 15.0 Å². The third kappa shape index (κ3) is 7.70. The van der Waals surface area contributed by atoms with Gasteiger partial charge in [0.05, 0.1) is 20.8 Å². The summed E-state index contributed by atoms with van der Waals surface area (Å²) < 4.78 is 11.0. The molecule has 2 aromatic rings. The number of ether oxygens (including phenoxy) is 2. The molecule has 2 aromatic carbocycles. The zero-order chi connectivity index (χ0) is 25.1. The Morgan fingerprint density at radius 2 is 1.88 bits per heavy atom. The van der Waals surface area contributed by atoms with Gasteiger partial charge in [-0.2, -0.15) is 0 Å². The van der Waals surface area contributed by atoms with E-state index in [1.807, 2.05) is 36.4 Å². The predicted octanol–water partition coefficient (Wildman–Crippen LogP) is 7.50. The summed E-state index contributed by atoms with van der Waals surface area (Å²) in [6, 6.07) is 11.6. The van der Waals surface area contributed by atoms with Crippen molar-refractivity contribution in [1.29, 1.82) is 0 Å². The highest BCUT2D eigenvalue weighted by Crippen LogP contribution is 2.36. The summed E-state index contributed by atoms with van der Waals surface area (Å²) in [4.78, 5) is 16.1. The fourth-order valence-corrected chi connectivity index (χ4v) is 4.15. The van der Waals surface area contributed by atoms with Gasteiger partial charge in [0.25, 0.3) is 0 Å². The van der Waals surface area contributed by atoms with Crippen LogP contribution in [-0.4, -0.2) is 20.1 Å². The second-order valence-corrected chi connectivity index (χ2v) is 9.57. The Morgan fingerprint density at radius 3 is 2.50 bits per heavy atom. The summed E-state index contributed by atoms with van der Waals surface area (Å²) in [6.07, 6.45) is 4.51. The highest BCUT2D eigenvalue weighted by Gasteiger charge is 2.23. The van der Waals surface area contributed by atoms with Crippen molar-refractivity contribution in [2.45, 2.75) is 77.7 Å². The number of hydrogen-bond donors (Lipinski definition) is 1. The molecule has 0 radical (unpaired) electrons. The maximum absolute atomic E-state index is 13.3. The van der Waals surface area contributed by atoms with Gasteiger partial charge in [-0.15, -0.1) is 0 Å². The van der Waals surface area contributed by atoms with Crippen LogP contribution in [0.5, 0.6) is 11.5 Å². The van der Waals surface area contributed by atoms with Crippen molar-refractivity contribution in [2.75, 3.05) is 19.5 Å². The molecule has 1 amide bonds. The van der Waals surface area contributed by atoms with Gasteiger partial charge in [0.15, 0.2) is 0 Å². The number of carbonyl (C=O) groups is 1. The molecule has 0 aliphatic heterocycles. The van der Waals surface area contributed by atoms with Crippen molar-refractivity contribution in [2.24, 2.45) is 5.11 Å². The normalized spacial score (nSPS) is 11.9. The van der Waals surface area contributed by atoms with E-state index in [-0.39, 0.29) is 23.8 Å². The van der Waals surface area contributed by atoms with Gasteiger partial charge in [0.1, 0.15) is 11.5 Å². The molecular formula is C27H38N4O3. The molecular weight excluding hydrogens is 428 g/mol. The monoisotopic (exact) mass is 466 g/mol. The predicted molar refractivity (Wildman–Crippen MR) is 138 cm³/mol. The number of unbranched alkanes of at least 4 members (excludes halogenated alkanes) is 2. The van der Waals surface area contributed by atoms with Crippen LogP contribution in [0.4, 0.5) is 5.69 Å². The second-order valence-electron chi connectivity index (χ2n) is 9.57. The van der Waals surface area contributed by atoms with Gasteiger partial charge >= 0.3 is 0 Å². The van der Waals surface area contributed by atoms with Crippen molar-refractivity contribution in [3.05, 3.63) is 63.5 Å². The smallest absolute Gasteiger partial charge is 0.224 e. The number of hydrogen-bond acceptors (Lipinski definition) is 4. The van der Waals surface area contributed by atoms with Gasteiger partial charge in [0.2, 0.25) is 5.91 Å². The molecule has 2 rings (SSSR count). The molecule has 34 heavy (non-hydrogen) atoms. The summed E-state index contributed by atoms with van der Waals surface area (Å²) in [5.74, 6) is 1.44. The first-order chi connectivity index (χ1) is 16.2. The summed E-state index contributed by atoms with van der Waals surface area (Å²) in [7, 11) is 3.27. The Kier molecular flexibility index (Phi) is 10.3. The minimum Gasteiger partial charge on any atom is -0.497 e. The van der Waals surface area contributed by atoms with E-state index in [2.05, 4.69) is 43.0 Å². The number of benzene rings is 2. The quantitative estimate of drug-likeness (QED) is 0.152. The Morgan fingerprint density at radius 1 is 1.12 bits per heavy atom. The first kappa shape index (κ1) is 27.1. The van der Waals surface area contributed by atoms with Crippen molar-refractivity contribution in [1.82, 2.24) is 0 Å². The van der Waals surface area contributed by atoms with Crippen LogP contribution in [0.2, 0.25) is 0 Å². The van der Waals surface area contributed by atoms with Crippen LogP contribution in [0.1, 0.15) is 82.4 Å². The topological polar surface area (TPSA) is 96.3 Å². The van der Waals surface area contributed by atoms with Crippen LogP contribution < -0.4 is 14.8 Å². The van der Waals surface area contributed by atoms with E-state index in [9.17, 15) is 4.79 Å². The Labute approximate surface area is 203 Å². The van der Waals surface area contributed by atoms with E-state index in [0.29, 0.717) is 6.42 Å². The lowest BCUT2D eigenvalue weighted by atomic mass is 9.85. The molecule has 0 saturated heterocycles. The van der Waals surface area contributed by atoms with Crippen molar-refractivity contribution >= 4 is 11.6 Å². The lowest BCUT2D eigenvalue weighted by molar-refractivity contribution is -0.116. The third-order valence-corrected chi connectivity index (χ3v) is 5.95. The van der Waals surface area contributed by atoms with E-state index >= 15 is 0 Å². The maximum Gasteiger partial charge on any atom is 0.224 e. The zero-order valence-corrected chi connectivity index (χ0v) is 21.4. The van der Waals surface area contributed by atoms with Crippen LogP contribution in [0.15, 0.2) is 41.5 Å². The molecule has 7 nitrogen and oxygen atoms in total. The minimum absolute atomic E-state index is 0.0249. The average molecular weight is 467 g/mol. The minimum atomic E-state index is -0.153. The van der Waals surface area contributed by atoms with Crippen LogP contribution in [0.25, 0.3) is 10.4 Å². The summed E-state index contributed by atoms with van der Waals surface area (Å²) in [5.41, 5.74) is 12.2. The van der Waals surface area contributed by atoms with Crippen LogP contribution in [-0.2, 0) is 16.8 Å². The van der Waals surface area contributed by atoms with E-state index in [1.165, 1.54) is 0 Å². The molecule has 7 heteroatoms. The summed E-state index contributed by atoms with van der Waals surface area (Å²) >= 11 is 0. The lowest BCUT2D eigenvalue weighted by Gasteiger charge is -2.25. The lowest BCUT2D eigenvalue weighted by Crippen LogP contribution is -2.21. The van der Waals surface area contributed by atoms with Crippen LogP contribution >= 0.6 is 0 Å². The number of carbonyl (C=O) groups excluding carboxylic acids is 1. The van der Waals surface area contributed by atoms with Crippen LogP contribution in [0.3, 0.4) is 0 Å². The molecule has 184 valence electrons. The van der Waals surface area contributed by atoms with Crippen molar-refractivity contribution < 1.29 is 14.3 Å². The molecule has 0 saturated carbocycles. The van der Waals surface area contributed by atoms with Crippen molar-refractivity contribution in [3.8, 4) is 11.5 Å². The average Bonchev–Trinajstić information content (AvgIpc) is 2.81. The van der Waals surface area contributed by atoms with Gasteiger partial charge < -0.3 is 14.8 Å². The van der Waals surface area contributed by atoms with Gasteiger partial charge in [-0.05, 0) is 52.1 Å². The molecule has 1 N–H and O–H groups in total. The Bertz CT molecular complexity index is 1010. The number of azide groups is 1. The number of anilines is 1. The molecule has 0 aliphatic rings. The van der Waals surface area contributed by atoms with Crippen molar-refractivity contribution in [3.63, 3.8) is 0 Å². The highest BCUT2D eigenvalue weighted by molar-refractivity contribution is 5.92. The maximum atomic E-state index is 13.3. The Hall–Kier alpha value is -3.18. The fourth-order valence-electron chi connectivity index (χ4n) is 4.15. The van der Waals surface area contributed by atoms with Gasteiger partial charge in [-0.3, -0.25) is 4.79 Å². The molecule has 0 heterocycles. The second kappa shape index (κ2) is 12.9. The van der Waals surface area contributed by atoms with E-state index < -0.39 is 0 Å². The zero-order valence-electron chi connectivity index (χ0n) is 21.4. The first-order valence-corrected chi connectivity index (χ1v) is 11.9. The molecule has 0 spiro atoms. The van der Waals surface area contributed by atoms with Gasteiger partial charge in [0, 0.05) is 23.1 Å². The molecule has 0 aliphatic carbocycles. The van der Waals surface area contributed by atoms with Gasteiger partial charge in [-0.1, -0.05) is 70.3 Å². The number of nitrogens with one attached hydrogen (secondary N) is 1. The van der Waals surface area contributed by atoms with Crippen LogP contribution in [0, 0.1) is 0 Å². The third-order valence-electron chi connectivity index (χ3n) is 5.95. The first-order valence-electron chi connectivity index (χ1n) is 11.9. The number of nitrogens with zero attached hydrogens (tertiary/aromatic N) is 3. The largest absolute Gasteiger partial charge is 0.497 e. The molecule has 0 bridgehead atoms. The molecule has 0 aromatic heterocycles. The van der Waals surface area contributed by atoms with Gasteiger partial charge in [-0.25, -0.2) is 0 Å². The fraction of sp³-hybridized carbons (Fsp3) is 0.519. The summed E-state index contributed by atoms with van der Waals surface area (Å²) in [5, 5.41) is 6.81. The Balaban J connectivity index is 2.33. The number of methoxy groups -OCH3 is 2. The molecule has 1 unspecified atom stereocenters. The number of amides is 1. The van der Waals surface area contributed by atoms with E-state index in [1.54, 1.807) is 14.2 Å². The molecule has 0 fully saturated rings.